The van der Waals surface area contributed by atoms with Gasteiger partial charge < -0.3 is 19.6 Å². The molecule has 7 nitrogen and oxygen atoms in total. The molecule has 1 unspecified atom stereocenters. The molecule has 0 radical (unpaired) electrons. The molecular weight excluding hydrogens is 430 g/mol. The number of ketones is 1. The van der Waals surface area contributed by atoms with Crippen LogP contribution in [-0.4, -0.2) is 64.4 Å². The zero-order valence-corrected chi connectivity index (χ0v) is 20.6. The molecule has 0 saturated carbocycles. The number of ether oxygens (including phenoxy) is 1. The predicted molar refractivity (Wildman–Crippen MR) is 133 cm³/mol. The number of unbranched alkanes of at least 4 members (excludes halogenated alkanes) is 1. The molecule has 1 amide bonds. The van der Waals surface area contributed by atoms with Gasteiger partial charge in [-0.15, -0.1) is 0 Å². The van der Waals surface area contributed by atoms with E-state index < -0.39 is 17.7 Å². The van der Waals surface area contributed by atoms with Gasteiger partial charge in [0.15, 0.2) is 0 Å². The summed E-state index contributed by atoms with van der Waals surface area (Å²) < 4.78 is 5.82. The molecule has 3 rings (SSSR count). The maximum absolute atomic E-state index is 13.2. The van der Waals surface area contributed by atoms with Crippen LogP contribution in [0.3, 0.4) is 0 Å². The van der Waals surface area contributed by atoms with Crippen molar-refractivity contribution in [1.29, 1.82) is 0 Å². The topological polar surface area (TPSA) is 83.0 Å². The molecule has 1 N–H and O–H groups in total. The number of aliphatic hydroxyl groups is 1. The molecule has 2 heterocycles. The molecule has 1 saturated heterocycles. The zero-order chi connectivity index (χ0) is 24.7. The molecule has 2 aromatic rings. The van der Waals surface area contributed by atoms with Gasteiger partial charge in [0.2, 0.25) is 0 Å². The largest absolute Gasteiger partial charge is 0.507 e. The summed E-state index contributed by atoms with van der Waals surface area (Å²) in [6.07, 6.45) is 5.27. The Bertz CT molecular complexity index is 1030. The lowest BCUT2D eigenvalue weighted by molar-refractivity contribution is -0.140. The second kappa shape index (κ2) is 11.8. The summed E-state index contributed by atoms with van der Waals surface area (Å²) in [5.74, 6) is -0.685. The van der Waals surface area contributed by atoms with E-state index in [2.05, 4.69) is 30.7 Å². The Morgan fingerprint density at radius 3 is 2.44 bits per heavy atom. The number of aromatic nitrogens is 1. The number of hydrogen-bond acceptors (Lipinski definition) is 6. The third-order valence-corrected chi connectivity index (χ3v) is 6.32. The van der Waals surface area contributed by atoms with Gasteiger partial charge in [-0.1, -0.05) is 27.2 Å². The van der Waals surface area contributed by atoms with Gasteiger partial charge in [0, 0.05) is 31.0 Å². The van der Waals surface area contributed by atoms with Crippen LogP contribution in [0.1, 0.15) is 56.3 Å². The van der Waals surface area contributed by atoms with Crippen molar-refractivity contribution in [2.24, 2.45) is 0 Å². The molecule has 1 atom stereocenters. The van der Waals surface area contributed by atoms with Gasteiger partial charge in [-0.2, -0.15) is 0 Å². The van der Waals surface area contributed by atoms with Crippen molar-refractivity contribution in [3.63, 3.8) is 0 Å². The van der Waals surface area contributed by atoms with E-state index in [0.717, 1.165) is 42.8 Å². The number of aryl methyl sites for hydroxylation is 1. The van der Waals surface area contributed by atoms with Crippen molar-refractivity contribution >= 4 is 17.4 Å². The minimum atomic E-state index is -0.667. The number of carbonyl (C=O) groups is 2. The summed E-state index contributed by atoms with van der Waals surface area (Å²) >= 11 is 0. The number of benzene rings is 1. The van der Waals surface area contributed by atoms with Gasteiger partial charge in [-0.25, -0.2) is 0 Å². The van der Waals surface area contributed by atoms with E-state index in [1.54, 1.807) is 47.6 Å². The van der Waals surface area contributed by atoms with E-state index in [-0.39, 0.29) is 11.3 Å². The van der Waals surface area contributed by atoms with E-state index in [1.165, 1.54) is 0 Å². The Kier molecular flexibility index (Phi) is 8.82. The van der Waals surface area contributed by atoms with Gasteiger partial charge in [-0.3, -0.25) is 14.6 Å². The summed E-state index contributed by atoms with van der Waals surface area (Å²) in [7, 11) is 0. The van der Waals surface area contributed by atoms with Crippen LogP contribution in [0.15, 0.2) is 48.3 Å². The third-order valence-electron chi connectivity index (χ3n) is 6.32. The van der Waals surface area contributed by atoms with Gasteiger partial charge in [-0.05, 0) is 67.9 Å². The third kappa shape index (κ3) is 5.47. The first kappa shape index (κ1) is 25.4. The highest BCUT2D eigenvalue weighted by Crippen LogP contribution is 2.39. The Morgan fingerprint density at radius 1 is 1.12 bits per heavy atom. The van der Waals surface area contributed by atoms with E-state index in [1.807, 2.05) is 6.92 Å². The van der Waals surface area contributed by atoms with E-state index >= 15 is 0 Å². The van der Waals surface area contributed by atoms with Gasteiger partial charge >= 0.3 is 0 Å². The summed E-state index contributed by atoms with van der Waals surface area (Å²) in [5.41, 5.74) is 2.19. The second-order valence-electron chi connectivity index (χ2n) is 8.48. The number of pyridine rings is 1. The molecule has 1 aliphatic heterocycles. The zero-order valence-electron chi connectivity index (χ0n) is 20.6. The first-order valence-electron chi connectivity index (χ1n) is 12.1. The average molecular weight is 466 g/mol. The number of hydrogen-bond donors (Lipinski definition) is 1. The summed E-state index contributed by atoms with van der Waals surface area (Å²) in [4.78, 5) is 34.1. The molecule has 34 heavy (non-hydrogen) atoms. The molecular formula is C27H35N3O4. The molecule has 1 aliphatic rings. The van der Waals surface area contributed by atoms with Crippen LogP contribution in [-0.2, 0) is 9.59 Å². The second-order valence-corrected chi connectivity index (χ2v) is 8.48. The van der Waals surface area contributed by atoms with Crippen LogP contribution in [0.5, 0.6) is 5.75 Å². The van der Waals surface area contributed by atoms with Crippen molar-refractivity contribution in [3.05, 3.63) is 65.0 Å². The summed E-state index contributed by atoms with van der Waals surface area (Å²) in [5, 5.41) is 11.3. The lowest BCUT2D eigenvalue weighted by Gasteiger charge is -2.28. The molecule has 7 heteroatoms. The van der Waals surface area contributed by atoms with Gasteiger partial charge in [0.05, 0.1) is 18.2 Å². The standard InChI is InChI=1S/C27H35N3O4/c1-5-8-17-34-22-10-9-21(18-19(22)4)25(31)23-24(20-11-13-28-14-12-20)30(27(33)26(23)32)16-15-29(6-2)7-3/h9-14,18,24,31H,5-8,15-17H2,1-4H3/b25-23+. The number of amides is 1. The highest BCUT2D eigenvalue weighted by atomic mass is 16.5. The minimum Gasteiger partial charge on any atom is -0.507 e. The maximum Gasteiger partial charge on any atom is 0.295 e. The van der Waals surface area contributed by atoms with Crippen LogP contribution in [0.25, 0.3) is 5.76 Å². The average Bonchev–Trinajstić information content (AvgIpc) is 3.10. The summed E-state index contributed by atoms with van der Waals surface area (Å²) in [6, 6.07) is 8.23. The molecule has 1 aromatic carbocycles. The van der Waals surface area contributed by atoms with Crippen LogP contribution >= 0.6 is 0 Å². The fourth-order valence-electron chi connectivity index (χ4n) is 4.23. The number of aliphatic hydroxyl groups excluding tert-OH is 1. The first-order valence-corrected chi connectivity index (χ1v) is 12.1. The molecule has 0 bridgehead atoms. The SMILES string of the molecule is CCCCOc1ccc(/C(O)=C2\C(=O)C(=O)N(CCN(CC)CC)C2c2ccncc2)cc1C. The fourth-order valence-corrected chi connectivity index (χ4v) is 4.23. The van der Waals surface area contributed by atoms with Crippen molar-refractivity contribution in [2.45, 2.75) is 46.6 Å². The molecule has 182 valence electrons. The van der Waals surface area contributed by atoms with E-state index in [0.29, 0.717) is 25.3 Å². The highest BCUT2D eigenvalue weighted by molar-refractivity contribution is 6.46. The van der Waals surface area contributed by atoms with Crippen molar-refractivity contribution in [3.8, 4) is 5.75 Å². The number of nitrogens with zero attached hydrogens (tertiary/aromatic N) is 3. The summed E-state index contributed by atoms with van der Waals surface area (Å²) in [6.45, 7) is 11.5. The van der Waals surface area contributed by atoms with Crippen LogP contribution < -0.4 is 4.74 Å². The quantitative estimate of drug-likeness (QED) is 0.230. The highest BCUT2D eigenvalue weighted by Gasteiger charge is 2.46. The van der Waals surface area contributed by atoms with E-state index in [9.17, 15) is 14.7 Å². The Labute approximate surface area is 202 Å². The number of Topliss-reactive ketones (excluding diaryl/α,β-unsaturated/α-hetero) is 1. The predicted octanol–water partition coefficient (Wildman–Crippen LogP) is 4.33. The van der Waals surface area contributed by atoms with Gasteiger partial charge in [0.25, 0.3) is 11.7 Å². The van der Waals surface area contributed by atoms with Crippen LogP contribution in [0.4, 0.5) is 0 Å². The Balaban J connectivity index is 2.00. The number of rotatable bonds is 11. The molecule has 1 aromatic heterocycles. The van der Waals surface area contributed by atoms with Gasteiger partial charge in [0.1, 0.15) is 11.5 Å². The normalized spacial score (nSPS) is 17.6. The lowest BCUT2D eigenvalue weighted by Crippen LogP contribution is -2.38. The molecule has 1 fully saturated rings. The fraction of sp³-hybridized carbons (Fsp3) is 0.444. The number of carbonyl (C=O) groups excluding carboxylic acids is 2. The first-order chi connectivity index (χ1) is 16.4. The van der Waals surface area contributed by atoms with Crippen LogP contribution in [0, 0.1) is 6.92 Å². The molecule has 0 spiro atoms. The minimum absolute atomic E-state index is 0.106. The van der Waals surface area contributed by atoms with Crippen LogP contribution in [0.2, 0.25) is 0 Å². The number of likely N-dealkylation sites (N-methyl/N-ethyl adjacent to an activating group) is 1. The Hall–Kier alpha value is -3.19. The molecule has 0 aliphatic carbocycles. The monoisotopic (exact) mass is 465 g/mol. The van der Waals surface area contributed by atoms with E-state index in [4.69, 9.17) is 4.74 Å². The van der Waals surface area contributed by atoms with Crippen molar-refractivity contribution in [1.82, 2.24) is 14.8 Å². The van der Waals surface area contributed by atoms with Crippen molar-refractivity contribution < 1.29 is 19.4 Å². The maximum atomic E-state index is 13.2. The van der Waals surface area contributed by atoms with Crippen molar-refractivity contribution in [2.75, 3.05) is 32.8 Å². The smallest absolute Gasteiger partial charge is 0.295 e. The lowest BCUT2D eigenvalue weighted by atomic mass is 9.95. The number of likely N-dealkylation sites (tertiary alicyclic amines) is 1. The Morgan fingerprint density at radius 2 is 1.82 bits per heavy atom.